The van der Waals surface area contributed by atoms with Crippen molar-refractivity contribution in [3.63, 3.8) is 0 Å². The Kier molecular flexibility index (Phi) is 2.92. The molecule has 5 heteroatoms. The van der Waals surface area contributed by atoms with Gasteiger partial charge in [-0.3, -0.25) is 4.98 Å². The Morgan fingerprint density at radius 1 is 1.25 bits per heavy atom. The van der Waals surface area contributed by atoms with Crippen molar-refractivity contribution in [1.29, 1.82) is 0 Å². The van der Waals surface area contributed by atoms with Gasteiger partial charge in [0.25, 0.3) is 0 Å². The molecule has 0 amide bonds. The van der Waals surface area contributed by atoms with Crippen molar-refractivity contribution in [2.24, 2.45) is 0 Å². The van der Waals surface area contributed by atoms with E-state index in [0.29, 0.717) is 28.0 Å². The van der Waals surface area contributed by atoms with Crippen LogP contribution in [-0.2, 0) is 0 Å². The number of benzene rings is 1. The quantitative estimate of drug-likeness (QED) is 0.813. The van der Waals surface area contributed by atoms with Crippen LogP contribution >= 0.6 is 11.6 Å². The van der Waals surface area contributed by atoms with Crippen molar-refractivity contribution >= 4 is 17.3 Å². The van der Waals surface area contributed by atoms with E-state index in [1.807, 2.05) is 6.92 Å². The minimum absolute atomic E-state index is 0.426. The summed E-state index contributed by atoms with van der Waals surface area (Å²) in [5, 5.41) is 0.485. The minimum Gasteiger partial charge on any atom is -0.436 e. The number of nitrogens with zero attached hydrogens (tertiary/aromatic N) is 2. The van der Waals surface area contributed by atoms with E-state index in [1.54, 1.807) is 30.6 Å². The normalized spacial score (nSPS) is 10.1. The Morgan fingerprint density at radius 3 is 2.75 bits per heavy atom. The summed E-state index contributed by atoms with van der Waals surface area (Å²) in [7, 11) is 0. The molecule has 82 valence electrons. The van der Waals surface area contributed by atoms with Gasteiger partial charge in [-0.25, -0.2) is 4.98 Å². The number of aromatic nitrogens is 2. The zero-order valence-electron chi connectivity index (χ0n) is 8.64. The Labute approximate surface area is 98.0 Å². The van der Waals surface area contributed by atoms with E-state index in [1.165, 1.54) is 0 Å². The predicted molar refractivity (Wildman–Crippen MR) is 62.7 cm³/mol. The van der Waals surface area contributed by atoms with Crippen LogP contribution in [-0.4, -0.2) is 9.97 Å². The molecule has 1 aromatic heterocycles. The average molecular weight is 236 g/mol. The summed E-state index contributed by atoms with van der Waals surface area (Å²) >= 11 is 5.97. The summed E-state index contributed by atoms with van der Waals surface area (Å²) in [5.41, 5.74) is 6.92. The number of hydrogen-bond donors (Lipinski definition) is 1. The average Bonchev–Trinajstić information content (AvgIpc) is 2.27. The fourth-order valence-electron chi connectivity index (χ4n) is 1.20. The number of nitrogens with two attached hydrogens (primary N) is 1. The molecule has 0 saturated heterocycles. The number of nitrogen functional groups attached to an aromatic ring is 1. The maximum absolute atomic E-state index is 5.97. The Balaban J connectivity index is 2.34. The van der Waals surface area contributed by atoms with E-state index >= 15 is 0 Å². The monoisotopic (exact) mass is 235 g/mol. The lowest BCUT2D eigenvalue weighted by atomic mass is 10.3. The van der Waals surface area contributed by atoms with Crippen molar-refractivity contribution in [3.05, 3.63) is 41.3 Å². The van der Waals surface area contributed by atoms with Gasteiger partial charge in [-0.15, -0.1) is 0 Å². The van der Waals surface area contributed by atoms with Gasteiger partial charge in [-0.05, 0) is 19.1 Å². The van der Waals surface area contributed by atoms with Gasteiger partial charge in [0.15, 0.2) is 0 Å². The van der Waals surface area contributed by atoms with Crippen LogP contribution in [0.15, 0.2) is 30.6 Å². The summed E-state index contributed by atoms with van der Waals surface area (Å²) in [5.74, 6) is 0.903. The molecule has 0 fully saturated rings. The van der Waals surface area contributed by atoms with E-state index < -0.39 is 0 Å². The summed E-state index contributed by atoms with van der Waals surface area (Å²) in [4.78, 5) is 8.13. The molecule has 4 nitrogen and oxygen atoms in total. The van der Waals surface area contributed by atoms with Crippen LogP contribution in [0.3, 0.4) is 0 Å². The smallest absolute Gasteiger partial charge is 0.240 e. The molecular weight excluding hydrogens is 226 g/mol. The van der Waals surface area contributed by atoms with Crippen LogP contribution in [0.2, 0.25) is 5.02 Å². The first-order valence-electron chi connectivity index (χ1n) is 4.67. The SMILES string of the molecule is Cc1nccnc1Oc1cc(N)ccc1Cl. The largest absolute Gasteiger partial charge is 0.436 e. The lowest BCUT2D eigenvalue weighted by Crippen LogP contribution is -1.94. The first kappa shape index (κ1) is 10.7. The lowest BCUT2D eigenvalue weighted by Gasteiger charge is -2.08. The molecule has 0 bridgehead atoms. The summed E-state index contributed by atoms with van der Waals surface area (Å²) < 4.78 is 5.54. The second-order valence-electron chi connectivity index (χ2n) is 3.24. The van der Waals surface area contributed by atoms with Crippen LogP contribution < -0.4 is 10.5 Å². The van der Waals surface area contributed by atoms with Crippen molar-refractivity contribution < 1.29 is 4.74 Å². The molecule has 0 unspecified atom stereocenters. The minimum atomic E-state index is 0.426. The van der Waals surface area contributed by atoms with Gasteiger partial charge < -0.3 is 10.5 Å². The number of aryl methyl sites for hydroxylation is 1. The third-order valence-electron chi connectivity index (χ3n) is 2.00. The van der Waals surface area contributed by atoms with E-state index in [2.05, 4.69) is 9.97 Å². The molecular formula is C11H10ClN3O. The number of halogens is 1. The highest BCUT2D eigenvalue weighted by Gasteiger charge is 2.07. The van der Waals surface area contributed by atoms with Crippen molar-refractivity contribution in [2.75, 3.05) is 5.73 Å². The van der Waals surface area contributed by atoms with Crippen LogP contribution in [0.25, 0.3) is 0 Å². The highest BCUT2D eigenvalue weighted by molar-refractivity contribution is 6.32. The fourth-order valence-corrected chi connectivity index (χ4v) is 1.35. The molecule has 2 aromatic rings. The molecule has 0 aliphatic carbocycles. The van der Waals surface area contributed by atoms with Gasteiger partial charge in [0.2, 0.25) is 5.88 Å². The summed E-state index contributed by atoms with van der Waals surface area (Å²) in [6.45, 7) is 1.81. The van der Waals surface area contributed by atoms with E-state index in [9.17, 15) is 0 Å². The standard InChI is InChI=1S/C11H10ClN3O/c1-7-11(15-5-4-14-7)16-10-6-8(13)2-3-9(10)12/h2-6H,13H2,1H3. The third kappa shape index (κ3) is 2.23. The Morgan fingerprint density at radius 2 is 2.00 bits per heavy atom. The van der Waals surface area contributed by atoms with Gasteiger partial charge in [-0.1, -0.05) is 11.6 Å². The predicted octanol–water partition coefficient (Wildman–Crippen LogP) is 2.81. The fraction of sp³-hybridized carbons (Fsp3) is 0.0909. The Bertz CT molecular complexity index is 516. The topological polar surface area (TPSA) is 61.0 Å². The molecule has 1 heterocycles. The van der Waals surface area contributed by atoms with Gasteiger partial charge in [0.1, 0.15) is 5.75 Å². The molecule has 0 spiro atoms. The van der Waals surface area contributed by atoms with Crippen molar-refractivity contribution in [1.82, 2.24) is 9.97 Å². The highest BCUT2D eigenvalue weighted by atomic mass is 35.5. The van der Waals surface area contributed by atoms with Crippen molar-refractivity contribution in [3.8, 4) is 11.6 Å². The van der Waals surface area contributed by atoms with Gasteiger partial charge in [0.05, 0.1) is 10.7 Å². The molecule has 2 N–H and O–H groups in total. The van der Waals surface area contributed by atoms with Crippen LogP contribution in [0.4, 0.5) is 5.69 Å². The third-order valence-corrected chi connectivity index (χ3v) is 2.31. The molecule has 0 aliphatic rings. The maximum Gasteiger partial charge on any atom is 0.240 e. The molecule has 0 saturated carbocycles. The number of ether oxygens (including phenoxy) is 1. The summed E-state index contributed by atoms with van der Waals surface area (Å²) in [6.07, 6.45) is 3.16. The zero-order valence-corrected chi connectivity index (χ0v) is 9.40. The van der Waals surface area contributed by atoms with Crippen LogP contribution in [0, 0.1) is 6.92 Å². The van der Waals surface area contributed by atoms with Crippen molar-refractivity contribution in [2.45, 2.75) is 6.92 Å². The first-order chi connectivity index (χ1) is 7.66. The van der Waals surface area contributed by atoms with Crippen LogP contribution in [0.5, 0.6) is 11.6 Å². The molecule has 2 rings (SSSR count). The van der Waals surface area contributed by atoms with E-state index in [0.717, 1.165) is 0 Å². The zero-order chi connectivity index (χ0) is 11.5. The molecule has 0 radical (unpaired) electrons. The first-order valence-corrected chi connectivity index (χ1v) is 5.05. The number of hydrogen-bond acceptors (Lipinski definition) is 4. The second kappa shape index (κ2) is 4.37. The molecule has 1 aromatic carbocycles. The number of rotatable bonds is 2. The second-order valence-corrected chi connectivity index (χ2v) is 3.65. The lowest BCUT2D eigenvalue weighted by molar-refractivity contribution is 0.456. The summed E-state index contributed by atoms with van der Waals surface area (Å²) in [6, 6.07) is 5.03. The van der Waals surface area contributed by atoms with Crippen LogP contribution in [0.1, 0.15) is 5.69 Å². The van der Waals surface area contributed by atoms with Gasteiger partial charge in [0, 0.05) is 24.1 Å². The molecule has 0 aliphatic heterocycles. The van der Waals surface area contributed by atoms with Gasteiger partial charge in [-0.2, -0.15) is 0 Å². The maximum atomic E-state index is 5.97. The van der Waals surface area contributed by atoms with E-state index in [4.69, 9.17) is 22.1 Å². The van der Waals surface area contributed by atoms with Gasteiger partial charge >= 0.3 is 0 Å². The highest BCUT2D eigenvalue weighted by Crippen LogP contribution is 2.30. The number of anilines is 1. The molecule has 0 atom stereocenters. The van der Waals surface area contributed by atoms with E-state index in [-0.39, 0.29) is 0 Å². The molecule has 16 heavy (non-hydrogen) atoms. The Hall–Kier alpha value is -1.81.